The maximum absolute atomic E-state index is 12.9. The van der Waals surface area contributed by atoms with Crippen LogP contribution in [0.25, 0.3) is 0 Å². The molecular formula is C22H26N2O3. The molecule has 5 heteroatoms. The summed E-state index contributed by atoms with van der Waals surface area (Å²) in [5, 5.41) is 5.69. The molecule has 0 aromatic heterocycles. The Balaban J connectivity index is 1.65. The zero-order chi connectivity index (χ0) is 19.1. The molecule has 0 aliphatic heterocycles. The van der Waals surface area contributed by atoms with Crippen molar-refractivity contribution in [3.8, 4) is 0 Å². The number of urea groups is 1. The van der Waals surface area contributed by atoms with E-state index in [1.165, 1.54) is 0 Å². The van der Waals surface area contributed by atoms with Crippen LogP contribution in [0.4, 0.5) is 10.5 Å². The molecule has 1 fully saturated rings. The van der Waals surface area contributed by atoms with E-state index in [0.717, 1.165) is 30.4 Å². The number of nitrogens with one attached hydrogen (secondary N) is 2. The zero-order valence-corrected chi connectivity index (χ0v) is 15.7. The fraction of sp³-hybridized carbons (Fsp3) is 0.364. The summed E-state index contributed by atoms with van der Waals surface area (Å²) < 4.78 is 5.58. The van der Waals surface area contributed by atoms with Crippen LogP contribution < -0.4 is 10.6 Å². The van der Waals surface area contributed by atoms with Gasteiger partial charge < -0.3 is 15.4 Å². The van der Waals surface area contributed by atoms with E-state index in [1.807, 2.05) is 61.5 Å². The second kappa shape index (κ2) is 8.71. The zero-order valence-electron chi connectivity index (χ0n) is 15.7. The summed E-state index contributed by atoms with van der Waals surface area (Å²) in [4.78, 5) is 25.4. The Kier molecular flexibility index (Phi) is 6.12. The highest BCUT2D eigenvalue weighted by molar-refractivity contribution is 5.94. The van der Waals surface area contributed by atoms with E-state index < -0.39 is 5.54 Å². The standard InChI is InChI=1S/C22H26N2O3/c1-17-10-12-18(13-11-17)16-27-20(25)22(14-6-3-7-15-22)24-21(26)23-19-8-4-2-5-9-19/h2,4-5,8-13H,3,6-7,14-16H2,1H3,(H2,23,24,26). The minimum absolute atomic E-state index is 0.211. The summed E-state index contributed by atoms with van der Waals surface area (Å²) in [6, 6.07) is 16.7. The van der Waals surface area contributed by atoms with Crippen molar-refractivity contribution in [1.29, 1.82) is 0 Å². The predicted octanol–water partition coefficient (Wildman–Crippen LogP) is 4.56. The number of carbonyl (C=O) groups is 2. The normalized spacial score (nSPS) is 15.6. The molecule has 2 aromatic rings. The van der Waals surface area contributed by atoms with Gasteiger partial charge >= 0.3 is 12.0 Å². The molecule has 2 N–H and O–H groups in total. The summed E-state index contributed by atoms with van der Waals surface area (Å²) in [6.45, 7) is 2.23. The number of carbonyl (C=O) groups excluding carboxylic acids is 2. The van der Waals surface area contributed by atoms with Crippen LogP contribution in [-0.4, -0.2) is 17.5 Å². The van der Waals surface area contributed by atoms with Crippen molar-refractivity contribution in [3.05, 3.63) is 65.7 Å². The molecule has 1 aliphatic rings. The van der Waals surface area contributed by atoms with Gasteiger partial charge in [-0.05, 0) is 37.5 Å². The van der Waals surface area contributed by atoms with Crippen molar-refractivity contribution in [2.24, 2.45) is 0 Å². The fourth-order valence-corrected chi connectivity index (χ4v) is 3.41. The van der Waals surface area contributed by atoms with Gasteiger partial charge in [0.25, 0.3) is 0 Å². The van der Waals surface area contributed by atoms with Crippen molar-refractivity contribution in [3.63, 3.8) is 0 Å². The third-order valence-electron chi connectivity index (χ3n) is 4.97. The lowest BCUT2D eigenvalue weighted by molar-refractivity contribution is -0.154. The summed E-state index contributed by atoms with van der Waals surface area (Å²) in [7, 11) is 0. The van der Waals surface area contributed by atoms with Crippen molar-refractivity contribution >= 4 is 17.7 Å². The van der Waals surface area contributed by atoms with Crippen LogP contribution in [-0.2, 0) is 16.1 Å². The minimum Gasteiger partial charge on any atom is -0.459 e. The molecule has 5 nitrogen and oxygen atoms in total. The van der Waals surface area contributed by atoms with Gasteiger partial charge in [0.2, 0.25) is 0 Å². The molecule has 1 aliphatic carbocycles. The average molecular weight is 366 g/mol. The molecule has 0 heterocycles. The first-order valence-electron chi connectivity index (χ1n) is 9.44. The predicted molar refractivity (Wildman–Crippen MR) is 105 cm³/mol. The Morgan fingerprint density at radius 1 is 0.963 bits per heavy atom. The summed E-state index contributed by atoms with van der Waals surface area (Å²) in [5.41, 5.74) is 1.83. The second-order valence-electron chi connectivity index (χ2n) is 7.15. The molecule has 2 amide bonds. The first-order valence-corrected chi connectivity index (χ1v) is 9.44. The quantitative estimate of drug-likeness (QED) is 0.762. The Morgan fingerprint density at radius 3 is 2.30 bits per heavy atom. The molecule has 142 valence electrons. The largest absolute Gasteiger partial charge is 0.459 e. The molecular weight excluding hydrogens is 340 g/mol. The van der Waals surface area contributed by atoms with Gasteiger partial charge in [0.05, 0.1) is 0 Å². The van der Waals surface area contributed by atoms with Crippen LogP contribution in [0.5, 0.6) is 0 Å². The van der Waals surface area contributed by atoms with Gasteiger partial charge in [-0.25, -0.2) is 9.59 Å². The van der Waals surface area contributed by atoms with Crippen LogP contribution in [0.15, 0.2) is 54.6 Å². The van der Waals surface area contributed by atoms with E-state index in [9.17, 15) is 9.59 Å². The van der Waals surface area contributed by atoms with Crippen molar-refractivity contribution < 1.29 is 14.3 Å². The second-order valence-corrected chi connectivity index (χ2v) is 7.15. The third kappa shape index (κ3) is 5.09. The first-order chi connectivity index (χ1) is 13.1. The molecule has 0 radical (unpaired) electrons. The van der Waals surface area contributed by atoms with Gasteiger partial charge in [0, 0.05) is 5.69 Å². The topological polar surface area (TPSA) is 67.4 Å². The molecule has 1 saturated carbocycles. The van der Waals surface area contributed by atoms with Crippen LogP contribution in [0.1, 0.15) is 43.2 Å². The number of hydrogen-bond donors (Lipinski definition) is 2. The minimum atomic E-state index is -0.957. The van der Waals surface area contributed by atoms with Gasteiger partial charge in [-0.2, -0.15) is 0 Å². The molecule has 27 heavy (non-hydrogen) atoms. The molecule has 0 unspecified atom stereocenters. The van der Waals surface area contributed by atoms with Gasteiger partial charge in [-0.3, -0.25) is 0 Å². The molecule has 2 aromatic carbocycles. The Morgan fingerprint density at radius 2 is 1.63 bits per heavy atom. The Bertz CT molecular complexity index is 766. The van der Waals surface area contributed by atoms with E-state index in [0.29, 0.717) is 18.5 Å². The van der Waals surface area contributed by atoms with E-state index >= 15 is 0 Å². The van der Waals surface area contributed by atoms with E-state index in [4.69, 9.17) is 4.74 Å². The molecule has 0 atom stereocenters. The van der Waals surface area contributed by atoms with E-state index in [-0.39, 0.29) is 18.6 Å². The number of aryl methyl sites for hydroxylation is 1. The monoisotopic (exact) mass is 366 g/mol. The lowest BCUT2D eigenvalue weighted by Gasteiger charge is -2.35. The van der Waals surface area contributed by atoms with Crippen LogP contribution in [0.3, 0.4) is 0 Å². The number of ether oxygens (including phenoxy) is 1. The number of esters is 1. The van der Waals surface area contributed by atoms with Crippen molar-refractivity contribution in [2.45, 2.75) is 51.2 Å². The number of para-hydroxylation sites is 1. The maximum Gasteiger partial charge on any atom is 0.332 e. The lowest BCUT2D eigenvalue weighted by atomic mass is 9.81. The molecule has 0 saturated heterocycles. The highest BCUT2D eigenvalue weighted by Gasteiger charge is 2.42. The molecule has 0 spiro atoms. The lowest BCUT2D eigenvalue weighted by Crippen LogP contribution is -2.57. The number of anilines is 1. The summed E-state index contributed by atoms with van der Waals surface area (Å²) >= 11 is 0. The Labute approximate surface area is 160 Å². The van der Waals surface area contributed by atoms with Crippen molar-refractivity contribution in [1.82, 2.24) is 5.32 Å². The SMILES string of the molecule is Cc1ccc(COC(=O)C2(NC(=O)Nc3ccccc3)CCCCC2)cc1. The van der Waals surface area contributed by atoms with Gasteiger partial charge in [-0.1, -0.05) is 67.3 Å². The number of benzene rings is 2. The molecule has 3 rings (SSSR count). The fourth-order valence-electron chi connectivity index (χ4n) is 3.41. The van der Waals surface area contributed by atoms with E-state index in [2.05, 4.69) is 10.6 Å². The third-order valence-corrected chi connectivity index (χ3v) is 4.97. The number of hydrogen-bond acceptors (Lipinski definition) is 3. The van der Waals surface area contributed by atoms with Gasteiger partial charge in [0.1, 0.15) is 12.1 Å². The van der Waals surface area contributed by atoms with Crippen LogP contribution >= 0.6 is 0 Å². The smallest absolute Gasteiger partial charge is 0.332 e. The summed E-state index contributed by atoms with van der Waals surface area (Å²) in [5.74, 6) is -0.356. The number of rotatable bonds is 5. The average Bonchev–Trinajstić information content (AvgIpc) is 2.68. The van der Waals surface area contributed by atoms with Crippen LogP contribution in [0, 0.1) is 6.92 Å². The van der Waals surface area contributed by atoms with E-state index in [1.54, 1.807) is 0 Å². The first kappa shape index (κ1) is 19.0. The van der Waals surface area contributed by atoms with Gasteiger partial charge in [0.15, 0.2) is 0 Å². The maximum atomic E-state index is 12.9. The molecule has 0 bridgehead atoms. The van der Waals surface area contributed by atoms with Crippen LogP contribution in [0.2, 0.25) is 0 Å². The Hall–Kier alpha value is -2.82. The number of amides is 2. The van der Waals surface area contributed by atoms with Gasteiger partial charge in [-0.15, -0.1) is 0 Å². The highest BCUT2D eigenvalue weighted by atomic mass is 16.5. The van der Waals surface area contributed by atoms with Crippen molar-refractivity contribution in [2.75, 3.05) is 5.32 Å². The highest BCUT2D eigenvalue weighted by Crippen LogP contribution is 2.30. The summed E-state index contributed by atoms with van der Waals surface area (Å²) in [6.07, 6.45) is 4.05.